The van der Waals surface area contributed by atoms with Gasteiger partial charge in [-0.25, -0.2) is 0 Å². The average Bonchev–Trinajstić information content (AvgIpc) is 3.12. The van der Waals surface area contributed by atoms with Crippen LogP contribution in [0.2, 0.25) is 0 Å². The molecule has 1 aromatic rings. The van der Waals surface area contributed by atoms with Gasteiger partial charge in [0.1, 0.15) is 0 Å². The molecule has 7 nitrogen and oxygen atoms in total. The van der Waals surface area contributed by atoms with Crippen molar-refractivity contribution in [3.8, 4) is 17.2 Å². The lowest BCUT2D eigenvalue weighted by atomic mass is 9.76. The summed E-state index contributed by atoms with van der Waals surface area (Å²) in [5.74, 6) is 0.723. The second-order valence-corrected chi connectivity index (χ2v) is 7.21. The molecule has 1 saturated heterocycles. The molecule has 27 heavy (non-hydrogen) atoms. The fourth-order valence-corrected chi connectivity index (χ4v) is 3.63. The lowest BCUT2D eigenvalue weighted by Gasteiger charge is -2.28. The van der Waals surface area contributed by atoms with Crippen LogP contribution in [0.25, 0.3) is 0 Å². The maximum atomic E-state index is 12.6. The largest absolute Gasteiger partial charge is 0.493 e. The van der Waals surface area contributed by atoms with Gasteiger partial charge in [0.25, 0.3) is 0 Å². The van der Waals surface area contributed by atoms with Crippen LogP contribution in [0.4, 0.5) is 0 Å². The number of carbonyl (C=O) groups excluding carboxylic acids is 1. The molecule has 0 saturated carbocycles. The van der Waals surface area contributed by atoms with E-state index >= 15 is 0 Å². The number of rotatable bonds is 8. The summed E-state index contributed by atoms with van der Waals surface area (Å²) in [4.78, 5) is 26.0. The lowest BCUT2D eigenvalue weighted by molar-refractivity contribution is -0.151. The summed E-state index contributed by atoms with van der Waals surface area (Å²) in [7, 11) is 4.64. The minimum absolute atomic E-state index is 0.0251. The predicted molar refractivity (Wildman–Crippen MR) is 101 cm³/mol. The minimum Gasteiger partial charge on any atom is -0.493 e. The summed E-state index contributed by atoms with van der Waals surface area (Å²) < 4.78 is 16.0. The first-order chi connectivity index (χ1) is 12.8. The zero-order valence-corrected chi connectivity index (χ0v) is 16.7. The van der Waals surface area contributed by atoms with Gasteiger partial charge in [0.15, 0.2) is 11.5 Å². The third kappa shape index (κ3) is 4.12. The summed E-state index contributed by atoms with van der Waals surface area (Å²) in [6, 6.07) is 3.66. The summed E-state index contributed by atoms with van der Waals surface area (Å²) in [6.45, 7) is 4.56. The highest BCUT2D eigenvalue weighted by atomic mass is 16.5. The van der Waals surface area contributed by atoms with Gasteiger partial charge in [0.05, 0.1) is 26.7 Å². The molecule has 1 aliphatic heterocycles. The average molecular weight is 379 g/mol. The van der Waals surface area contributed by atoms with Crippen molar-refractivity contribution in [1.82, 2.24) is 4.90 Å². The van der Waals surface area contributed by atoms with E-state index < -0.39 is 11.4 Å². The Morgan fingerprint density at radius 3 is 2.15 bits per heavy atom. The molecule has 1 aliphatic rings. The van der Waals surface area contributed by atoms with E-state index in [9.17, 15) is 14.7 Å². The number of hydrogen-bond acceptors (Lipinski definition) is 5. The molecule has 7 heteroatoms. The standard InChI is InChI=1S/C20H29NO6/c1-13(2)20(19(23)24)8-9-21(12-20)17(22)7-6-14-10-15(25-3)18(27-5)16(11-14)26-4/h10-11,13H,6-9,12H2,1-5H3,(H,23,24). The molecule has 1 aromatic carbocycles. The number of nitrogens with zero attached hydrogens (tertiary/aromatic N) is 1. The van der Waals surface area contributed by atoms with Crippen molar-refractivity contribution in [1.29, 1.82) is 0 Å². The van der Waals surface area contributed by atoms with Crippen LogP contribution < -0.4 is 14.2 Å². The van der Waals surface area contributed by atoms with E-state index in [2.05, 4.69) is 0 Å². The van der Waals surface area contributed by atoms with E-state index in [-0.39, 0.29) is 18.4 Å². The van der Waals surface area contributed by atoms with E-state index in [0.717, 1.165) is 5.56 Å². The molecule has 1 atom stereocenters. The molecule has 0 aliphatic carbocycles. The molecule has 1 N–H and O–H groups in total. The Labute approximate surface area is 160 Å². The van der Waals surface area contributed by atoms with Crippen LogP contribution in [0.3, 0.4) is 0 Å². The number of amides is 1. The number of carbonyl (C=O) groups is 2. The van der Waals surface area contributed by atoms with Crippen molar-refractivity contribution >= 4 is 11.9 Å². The molecule has 150 valence electrons. The molecular weight excluding hydrogens is 350 g/mol. The van der Waals surface area contributed by atoms with E-state index in [1.807, 2.05) is 26.0 Å². The number of hydrogen-bond donors (Lipinski definition) is 1. The van der Waals surface area contributed by atoms with E-state index in [1.165, 1.54) is 0 Å². The van der Waals surface area contributed by atoms with Gasteiger partial charge in [0, 0.05) is 19.5 Å². The predicted octanol–water partition coefficient (Wildman–Crippen LogP) is 2.60. The maximum Gasteiger partial charge on any atom is 0.311 e. The van der Waals surface area contributed by atoms with E-state index in [4.69, 9.17) is 14.2 Å². The lowest BCUT2D eigenvalue weighted by Crippen LogP contribution is -2.40. The summed E-state index contributed by atoms with van der Waals surface area (Å²) in [6.07, 6.45) is 1.30. The van der Waals surface area contributed by atoms with Crippen molar-refractivity contribution in [2.45, 2.75) is 33.1 Å². The second kappa shape index (κ2) is 8.50. The summed E-state index contributed by atoms with van der Waals surface area (Å²) >= 11 is 0. The molecule has 1 fully saturated rings. The van der Waals surface area contributed by atoms with Crippen LogP contribution >= 0.6 is 0 Å². The Morgan fingerprint density at radius 2 is 1.74 bits per heavy atom. The van der Waals surface area contributed by atoms with Crippen LogP contribution in [0.15, 0.2) is 12.1 Å². The fourth-order valence-electron chi connectivity index (χ4n) is 3.63. The van der Waals surface area contributed by atoms with Crippen molar-refractivity contribution in [2.24, 2.45) is 11.3 Å². The van der Waals surface area contributed by atoms with E-state index in [0.29, 0.717) is 43.1 Å². The van der Waals surface area contributed by atoms with Crippen LogP contribution in [0.1, 0.15) is 32.3 Å². The van der Waals surface area contributed by atoms with Gasteiger partial charge in [-0.2, -0.15) is 0 Å². The third-order valence-electron chi connectivity index (χ3n) is 5.54. The van der Waals surface area contributed by atoms with Gasteiger partial charge >= 0.3 is 5.97 Å². The molecule has 0 aromatic heterocycles. The topological polar surface area (TPSA) is 85.3 Å². The van der Waals surface area contributed by atoms with Gasteiger partial charge in [-0.15, -0.1) is 0 Å². The zero-order valence-electron chi connectivity index (χ0n) is 16.7. The molecule has 2 rings (SSSR count). The Balaban J connectivity index is 2.07. The SMILES string of the molecule is COc1cc(CCC(=O)N2CCC(C(=O)O)(C(C)C)C2)cc(OC)c1OC. The maximum absolute atomic E-state index is 12.6. The quantitative estimate of drug-likeness (QED) is 0.747. The molecule has 0 bridgehead atoms. The minimum atomic E-state index is -0.845. The highest BCUT2D eigenvalue weighted by Gasteiger charge is 2.48. The van der Waals surface area contributed by atoms with Crippen molar-refractivity contribution in [2.75, 3.05) is 34.4 Å². The van der Waals surface area contributed by atoms with Gasteiger partial charge in [-0.05, 0) is 36.5 Å². The monoisotopic (exact) mass is 379 g/mol. The first kappa shape index (κ1) is 20.9. The Kier molecular flexibility index (Phi) is 6.57. The van der Waals surface area contributed by atoms with Crippen molar-refractivity contribution < 1.29 is 28.9 Å². The first-order valence-electron chi connectivity index (χ1n) is 9.09. The summed E-state index contributed by atoms with van der Waals surface area (Å²) in [5, 5.41) is 9.63. The molecule has 0 spiro atoms. The number of ether oxygens (including phenoxy) is 3. The van der Waals surface area contributed by atoms with Crippen LogP contribution in [-0.4, -0.2) is 56.3 Å². The van der Waals surface area contributed by atoms with Gasteiger partial charge in [-0.1, -0.05) is 13.8 Å². The summed E-state index contributed by atoms with van der Waals surface area (Å²) in [5.41, 5.74) is 0.0489. The number of carboxylic acid groups (broad SMARTS) is 1. The molecule has 1 amide bonds. The van der Waals surface area contributed by atoms with Crippen LogP contribution in [0.5, 0.6) is 17.2 Å². The van der Waals surface area contributed by atoms with Crippen molar-refractivity contribution in [3.63, 3.8) is 0 Å². The number of aryl methyl sites for hydroxylation is 1. The third-order valence-corrected chi connectivity index (χ3v) is 5.54. The number of methoxy groups -OCH3 is 3. The fraction of sp³-hybridized carbons (Fsp3) is 0.600. The van der Waals surface area contributed by atoms with Crippen LogP contribution in [-0.2, 0) is 16.0 Å². The first-order valence-corrected chi connectivity index (χ1v) is 9.09. The number of likely N-dealkylation sites (tertiary alicyclic amines) is 1. The second-order valence-electron chi connectivity index (χ2n) is 7.21. The van der Waals surface area contributed by atoms with Gasteiger partial charge in [-0.3, -0.25) is 9.59 Å². The van der Waals surface area contributed by atoms with E-state index in [1.54, 1.807) is 26.2 Å². The molecular formula is C20H29NO6. The highest BCUT2D eigenvalue weighted by Crippen LogP contribution is 2.40. The Hall–Kier alpha value is -2.44. The molecule has 1 unspecified atom stereocenters. The Bertz CT molecular complexity index is 677. The van der Waals surface area contributed by atoms with Gasteiger partial charge < -0.3 is 24.2 Å². The number of aliphatic carboxylic acids is 1. The van der Waals surface area contributed by atoms with Gasteiger partial charge in [0.2, 0.25) is 11.7 Å². The van der Waals surface area contributed by atoms with Crippen LogP contribution in [0, 0.1) is 11.3 Å². The number of carboxylic acids is 1. The number of benzene rings is 1. The normalized spacial score (nSPS) is 19.3. The van der Waals surface area contributed by atoms with Crippen molar-refractivity contribution in [3.05, 3.63) is 17.7 Å². The zero-order chi connectivity index (χ0) is 20.2. The highest BCUT2D eigenvalue weighted by molar-refractivity contribution is 5.81. The molecule has 1 heterocycles. The Morgan fingerprint density at radius 1 is 1.15 bits per heavy atom. The smallest absolute Gasteiger partial charge is 0.311 e. The molecule has 0 radical (unpaired) electrons.